The van der Waals surface area contributed by atoms with Crippen molar-refractivity contribution in [2.24, 2.45) is 0 Å². The minimum absolute atomic E-state index is 0.00514. The zero-order chi connectivity index (χ0) is 15.6. The van der Waals surface area contributed by atoms with E-state index in [0.29, 0.717) is 0 Å². The van der Waals surface area contributed by atoms with Crippen molar-refractivity contribution in [2.75, 3.05) is 11.1 Å². The van der Waals surface area contributed by atoms with Crippen LogP contribution in [0, 0.1) is 0 Å². The lowest BCUT2D eigenvalue weighted by Gasteiger charge is -2.11. The highest BCUT2D eigenvalue weighted by Crippen LogP contribution is 2.33. The lowest BCUT2D eigenvalue weighted by molar-refractivity contribution is -0.137. The van der Waals surface area contributed by atoms with Crippen molar-refractivity contribution in [3.8, 4) is 0 Å². The molecule has 1 aromatic heterocycles. The summed E-state index contributed by atoms with van der Waals surface area (Å²) >= 11 is 5.76. The van der Waals surface area contributed by atoms with Crippen LogP contribution in [0.25, 0.3) is 0 Å². The Morgan fingerprint density at radius 3 is 2.71 bits per heavy atom. The van der Waals surface area contributed by atoms with Gasteiger partial charge in [0.15, 0.2) is 5.82 Å². The molecule has 0 aliphatic heterocycles. The zero-order valence-corrected chi connectivity index (χ0v) is 11.1. The van der Waals surface area contributed by atoms with E-state index in [9.17, 15) is 18.0 Å². The Morgan fingerprint density at radius 2 is 2.14 bits per heavy atom. The van der Waals surface area contributed by atoms with E-state index in [1.807, 2.05) is 0 Å². The molecule has 1 aromatic carbocycles. The number of halogens is 4. The van der Waals surface area contributed by atoms with Gasteiger partial charge in [-0.3, -0.25) is 4.79 Å². The van der Waals surface area contributed by atoms with Crippen LogP contribution < -0.4 is 11.1 Å². The molecule has 2 rings (SSSR count). The average molecular weight is 320 g/mol. The fourth-order valence-electron chi connectivity index (χ4n) is 1.52. The number of anilines is 2. The van der Waals surface area contributed by atoms with Gasteiger partial charge >= 0.3 is 6.18 Å². The van der Waals surface area contributed by atoms with Gasteiger partial charge in [0.25, 0.3) is 0 Å². The number of carbonyl (C=O) groups excluding carboxylic acids is 1. The van der Waals surface area contributed by atoms with Gasteiger partial charge in [-0.15, -0.1) is 5.10 Å². The molecule has 1 heterocycles. The van der Waals surface area contributed by atoms with Crippen LogP contribution in [0.3, 0.4) is 0 Å². The van der Waals surface area contributed by atoms with E-state index in [2.05, 4.69) is 15.6 Å². The number of rotatable bonds is 3. The number of nitrogens with one attached hydrogen (secondary N) is 1. The summed E-state index contributed by atoms with van der Waals surface area (Å²) in [4.78, 5) is 11.7. The first kappa shape index (κ1) is 15.1. The summed E-state index contributed by atoms with van der Waals surface area (Å²) in [6.45, 7) is -0.253. The van der Waals surface area contributed by atoms with E-state index < -0.39 is 17.6 Å². The highest BCUT2D eigenvalue weighted by Gasteiger charge is 2.31. The number of alkyl halides is 3. The third kappa shape index (κ3) is 3.85. The largest absolute Gasteiger partial charge is 0.416 e. The van der Waals surface area contributed by atoms with Crippen molar-refractivity contribution in [1.82, 2.24) is 15.0 Å². The summed E-state index contributed by atoms with van der Waals surface area (Å²) in [7, 11) is 0. The van der Waals surface area contributed by atoms with Gasteiger partial charge in [-0.25, -0.2) is 4.68 Å². The first-order valence-corrected chi connectivity index (χ1v) is 5.95. The molecule has 0 saturated heterocycles. The highest BCUT2D eigenvalue weighted by atomic mass is 35.5. The molecule has 112 valence electrons. The van der Waals surface area contributed by atoms with E-state index in [-0.39, 0.29) is 23.1 Å². The number of nitrogen functional groups attached to an aromatic ring is 1. The zero-order valence-electron chi connectivity index (χ0n) is 10.4. The lowest BCUT2D eigenvalue weighted by atomic mass is 10.2. The standard InChI is InChI=1S/C11H9ClF3N5O/c12-7-2-1-6(11(13,14)15)3-8(7)17-10(21)5-20-4-9(16)18-19-20/h1-4H,5,16H2,(H,17,21). The van der Waals surface area contributed by atoms with E-state index in [0.717, 1.165) is 22.9 Å². The summed E-state index contributed by atoms with van der Waals surface area (Å²) in [6.07, 6.45) is -3.21. The van der Waals surface area contributed by atoms with Crippen LogP contribution in [0.4, 0.5) is 24.7 Å². The summed E-state index contributed by atoms with van der Waals surface area (Å²) in [5.74, 6) is -0.485. The molecule has 0 aliphatic carbocycles. The Morgan fingerprint density at radius 1 is 1.43 bits per heavy atom. The molecule has 0 saturated carbocycles. The van der Waals surface area contributed by atoms with Gasteiger partial charge in [0.2, 0.25) is 5.91 Å². The van der Waals surface area contributed by atoms with Crippen molar-refractivity contribution in [3.05, 3.63) is 35.0 Å². The molecule has 10 heteroatoms. The van der Waals surface area contributed by atoms with Crippen LogP contribution in [-0.4, -0.2) is 20.9 Å². The van der Waals surface area contributed by atoms with Gasteiger partial charge < -0.3 is 11.1 Å². The van der Waals surface area contributed by atoms with Crippen LogP contribution in [0.15, 0.2) is 24.4 Å². The molecule has 2 aromatic rings. The smallest absolute Gasteiger partial charge is 0.381 e. The fourth-order valence-corrected chi connectivity index (χ4v) is 1.69. The number of hydrogen-bond donors (Lipinski definition) is 2. The van der Waals surface area contributed by atoms with E-state index >= 15 is 0 Å². The highest BCUT2D eigenvalue weighted by molar-refractivity contribution is 6.33. The predicted octanol–water partition coefficient (Wildman–Crippen LogP) is 2.17. The summed E-state index contributed by atoms with van der Waals surface area (Å²) in [5, 5.41) is 9.30. The molecule has 0 unspecified atom stereocenters. The quantitative estimate of drug-likeness (QED) is 0.908. The van der Waals surface area contributed by atoms with Crippen LogP contribution in [0.2, 0.25) is 5.02 Å². The van der Waals surface area contributed by atoms with Gasteiger partial charge in [0.1, 0.15) is 6.54 Å². The number of carbonyl (C=O) groups is 1. The first-order valence-electron chi connectivity index (χ1n) is 5.58. The summed E-state index contributed by atoms with van der Waals surface area (Å²) in [6, 6.07) is 2.65. The van der Waals surface area contributed by atoms with Crippen molar-refractivity contribution in [2.45, 2.75) is 12.7 Å². The number of nitrogens with zero attached hydrogens (tertiary/aromatic N) is 3. The Balaban J connectivity index is 2.13. The number of benzene rings is 1. The first-order chi connectivity index (χ1) is 9.75. The van der Waals surface area contributed by atoms with Crippen LogP contribution in [0.5, 0.6) is 0 Å². The fraction of sp³-hybridized carbons (Fsp3) is 0.182. The van der Waals surface area contributed by atoms with E-state index in [4.69, 9.17) is 17.3 Å². The van der Waals surface area contributed by atoms with E-state index in [1.165, 1.54) is 6.20 Å². The van der Waals surface area contributed by atoms with Gasteiger partial charge in [-0.05, 0) is 18.2 Å². The number of amides is 1. The lowest BCUT2D eigenvalue weighted by Crippen LogP contribution is -2.19. The Bertz CT molecular complexity index is 670. The van der Waals surface area contributed by atoms with Crippen LogP contribution >= 0.6 is 11.6 Å². The van der Waals surface area contributed by atoms with Gasteiger partial charge in [-0.2, -0.15) is 13.2 Å². The molecule has 0 atom stereocenters. The third-order valence-corrected chi connectivity index (χ3v) is 2.76. The maximum absolute atomic E-state index is 12.6. The second kappa shape index (κ2) is 5.60. The van der Waals surface area contributed by atoms with Crippen LogP contribution in [0.1, 0.15) is 5.56 Å². The normalized spacial score (nSPS) is 11.4. The van der Waals surface area contributed by atoms with Gasteiger partial charge in [0.05, 0.1) is 22.5 Å². The summed E-state index contributed by atoms with van der Waals surface area (Å²) < 4.78 is 38.9. The SMILES string of the molecule is Nc1cn(CC(=O)Nc2cc(C(F)(F)F)ccc2Cl)nn1. The monoisotopic (exact) mass is 319 g/mol. The number of nitrogens with two attached hydrogens (primary N) is 1. The van der Waals surface area contributed by atoms with Crippen LogP contribution in [-0.2, 0) is 17.5 Å². The minimum Gasteiger partial charge on any atom is -0.381 e. The van der Waals surface area contributed by atoms with Gasteiger partial charge in [-0.1, -0.05) is 16.8 Å². The Kier molecular flexibility index (Phi) is 4.03. The topological polar surface area (TPSA) is 85.8 Å². The molecular formula is C11H9ClF3N5O. The van der Waals surface area contributed by atoms with E-state index in [1.54, 1.807) is 0 Å². The average Bonchev–Trinajstić information content (AvgIpc) is 2.76. The Labute approximate surface area is 121 Å². The number of hydrogen-bond acceptors (Lipinski definition) is 4. The van der Waals surface area contributed by atoms with Crippen molar-refractivity contribution in [3.63, 3.8) is 0 Å². The molecule has 21 heavy (non-hydrogen) atoms. The number of aromatic nitrogens is 3. The summed E-state index contributed by atoms with van der Waals surface area (Å²) in [5.41, 5.74) is 4.28. The Hall–Kier alpha value is -2.29. The second-order valence-electron chi connectivity index (χ2n) is 4.08. The maximum atomic E-state index is 12.6. The molecule has 0 aliphatic rings. The molecular weight excluding hydrogens is 311 g/mol. The molecule has 0 spiro atoms. The predicted molar refractivity (Wildman–Crippen MR) is 69.5 cm³/mol. The molecule has 0 fully saturated rings. The van der Waals surface area contributed by atoms with Crippen molar-refractivity contribution < 1.29 is 18.0 Å². The molecule has 0 radical (unpaired) electrons. The molecule has 0 bridgehead atoms. The second-order valence-corrected chi connectivity index (χ2v) is 4.49. The van der Waals surface area contributed by atoms with Crippen molar-refractivity contribution in [1.29, 1.82) is 0 Å². The minimum atomic E-state index is -4.52. The maximum Gasteiger partial charge on any atom is 0.416 e. The van der Waals surface area contributed by atoms with Crippen molar-refractivity contribution >= 4 is 29.0 Å². The third-order valence-electron chi connectivity index (χ3n) is 2.43. The molecule has 1 amide bonds. The molecule has 6 nitrogen and oxygen atoms in total. The molecule has 3 N–H and O–H groups in total. The van der Waals surface area contributed by atoms with Gasteiger partial charge in [0, 0.05) is 0 Å².